The zero-order valence-corrected chi connectivity index (χ0v) is 14.4. The number of carbonyl (C=O) groups excluding carboxylic acids is 1. The van der Waals surface area contributed by atoms with Crippen LogP contribution in [0.3, 0.4) is 0 Å². The summed E-state index contributed by atoms with van der Waals surface area (Å²) in [5, 5.41) is 0. The lowest BCUT2D eigenvalue weighted by Crippen LogP contribution is -3.00. The number of rotatable bonds is 5. The number of pyridine rings is 1. The Hall–Kier alpha value is -1.13. The zero-order valence-electron chi connectivity index (χ0n) is 13.7. The molecule has 0 bridgehead atoms. The first kappa shape index (κ1) is 18.9. The normalized spacial score (nSPS) is 24.8. The topological polar surface area (TPSA) is 56.2 Å². The summed E-state index contributed by atoms with van der Waals surface area (Å²) < 4.78 is 8.04. The maximum Gasteiger partial charge on any atom is 0.254 e. The number of primary amides is 1. The number of nitrogens with two attached hydrogens (primary N) is 1. The summed E-state index contributed by atoms with van der Waals surface area (Å²) in [5.41, 5.74) is 5.82. The van der Waals surface area contributed by atoms with E-state index >= 15 is 0 Å². The molecule has 1 aromatic heterocycles. The van der Waals surface area contributed by atoms with Crippen LogP contribution in [0.25, 0.3) is 0 Å². The van der Waals surface area contributed by atoms with Crippen LogP contribution in [0.5, 0.6) is 0 Å². The molecule has 3 atom stereocenters. The molecule has 0 aromatic carbocycles. The minimum Gasteiger partial charge on any atom is -1.00 e. The molecule has 22 heavy (non-hydrogen) atoms. The average molecular weight is 327 g/mol. The lowest BCUT2D eigenvalue weighted by molar-refractivity contribution is -0.735. The van der Waals surface area contributed by atoms with Crippen molar-refractivity contribution in [3.63, 3.8) is 0 Å². The summed E-state index contributed by atoms with van der Waals surface area (Å²) in [7, 11) is 0. The highest BCUT2D eigenvalue weighted by Crippen LogP contribution is 2.35. The van der Waals surface area contributed by atoms with Gasteiger partial charge in [-0.2, -0.15) is 4.57 Å². The molecule has 1 aliphatic carbocycles. The fraction of sp³-hybridized carbons (Fsp3) is 0.647. The molecular formula is C17H27ClN2O2. The van der Waals surface area contributed by atoms with Gasteiger partial charge in [-0.15, -0.1) is 0 Å². The molecule has 0 radical (unpaired) electrons. The molecule has 1 heterocycles. The van der Waals surface area contributed by atoms with Crippen molar-refractivity contribution in [1.29, 1.82) is 0 Å². The molecule has 0 saturated heterocycles. The van der Waals surface area contributed by atoms with Gasteiger partial charge in [0, 0.05) is 6.07 Å². The molecule has 4 nitrogen and oxygen atoms in total. The van der Waals surface area contributed by atoms with Crippen LogP contribution in [0.2, 0.25) is 0 Å². The van der Waals surface area contributed by atoms with E-state index in [2.05, 4.69) is 20.8 Å². The third kappa shape index (κ3) is 4.96. The highest BCUT2D eigenvalue weighted by Gasteiger charge is 2.32. The average Bonchev–Trinajstić information content (AvgIpc) is 2.45. The standard InChI is InChI=1S/C17H26N2O2.ClH/c1-12(2)15-7-6-13(3)9-16(15)21-11-19-8-4-5-14(10-19)17(18)20;/h4-5,8,10,12-13,15-16H,6-7,9,11H2,1-3H3,(H-,18,20);1H/t13-,15+,16-;/m1./s1. The second-order valence-electron chi connectivity index (χ2n) is 6.63. The predicted octanol–water partition coefficient (Wildman–Crippen LogP) is -0.488. The van der Waals surface area contributed by atoms with Crippen molar-refractivity contribution < 1.29 is 26.5 Å². The maximum absolute atomic E-state index is 11.2. The fourth-order valence-electron chi connectivity index (χ4n) is 3.24. The van der Waals surface area contributed by atoms with E-state index in [9.17, 15) is 4.79 Å². The van der Waals surface area contributed by atoms with Crippen LogP contribution >= 0.6 is 0 Å². The Morgan fingerprint density at radius 2 is 2.18 bits per heavy atom. The molecule has 1 saturated carbocycles. The van der Waals surface area contributed by atoms with Crippen LogP contribution in [-0.4, -0.2) is 12.0 Å². The molecule has 1 amide bonds. The minimum atomic E-state index is -0.407. The van der Waals surface area contributed by atoms with Crippen molar-refractivity contribution in [2.24, 2.45) is 23.5 Å². The van der Waals surface area contributed by atoms with Gasteiger partial charge in [-0.05, 0) is 36.7 Å². The Balaban J connectivity index is 0.00000242. The van der Waals surface area contributed by atoms with Gasteiger partial charge in [-0.3, -0.25) is 4.79 Å². The Morgan fingerprint density at radius 1 is 1.45 bits per heavy atom. The number of nitrogens with zero attached hydrogens (tertiary/aromatic N) is 1. The highest BCUT2D eigenvalue weighted by atomic mass is 35.5. The monoisotopic (exact) mass is 326 g/mol. The molecule has 0 aliphatic heterocycles. The number of halogens is 1. The lowest BCUT2D eigenvalue weighted by atomic mass is 9.75. The van der Waals surface area contributed by atoms with E-state index in [1.165, 1.54) is 12.8 Å². The van der Waals surface area contributed by atoms with E-state index in [4.69, 9.17) is 10.5 Å². The lowest BCUT2D eigenvalue weighted by Gasteiger charge is -2.36. The minimum absolute atomic E-state index is 0. The van der Waals surface area contributed by atoms with E-state index in [1.807, 2.05) is 16.8 Å². The van der Waals surface area contributed by atoms with Crippen LogP contribution in [0, 0.1) is 17.8 Å². The number of aromatic nitrogens is 1. The number of hydrogen-bond donors (Lipinski definition) is 1. The second kappa shape index (κ2) is 8.49. The van der Waals surface area contributed by atoms with Crippen molar-refractivity contribution >= 4 is 5.91 Å². The Morgan fingerprint density at radius 3 is 2.82 bits per heavy atom. The highest BCUT2D eigenvalue weighted by molar-refractivity contribution is 5.92. The second-order valence-corrected chi connectivity index (χ2v) is 6.63. The van der Waals surface area contributed by atoms with Crippen LogP contribution in [0.1, 0.15) is 50.4 Å². The van der Waals surface area contributed by atoms with Gasteiger partial charge in [0.05, 0.1) is 6.10 Å². The van der Waals surface area contributed by atoms with E-state index in [0.717, 1.165) is 12.3 Å². The number of carbonyl (C=O) groups is 1. The van der Waals surface area contributed by atoms with Gasteiger partial charge in [0.1, 0.15) is 5.56 Å². The van der Waals surface area contributed by atoms with E-state index in [1.54, 1.807) is 12.3 Å². The van der Waals surface area contributed by atoms with Crippen molar-refractivity contribution in [1.82, 2.24) is 0 Å². The summed E-state index contributed by atoms with van der Waals surface area (Å²) in [6, 6.07) is 3.55. The van der Waals surface area contributed by atoms with Crippen molar-refractivity contribution in [3.8, 4) is 0 Å². The Kier molecular flexibility index (Phi) is 7.30. The molecule has 5 heteroatoms. The molecule has 1 aliphatic rings. The predicted molar refractivity (Wildman–Crippen MR) is 81.4 cm³/mol. The molecule has 0 spiro atoms. The van der Waals surface area contributed by atoms with Crippen LogP contribution < -0.4 is 22.7 Å². The number of hydrogen-bond acceptors (Lipinski definition) is 2. The van der Waals surface area contributed by atoms with Crippen molar-refractivity contribution in [2.75, 3.05) is 0 Å². The Bertz CT molecular complexity index is 493. The summed E-state index contributed by atoms with van der Waals surface area (Å²) in [6.07, 6.45) is 7.63. The van der Waals surface area contributed by atoms with E-state index < -0.39 is 5.91 Å². The third-order valence-corrected chi connectivity index (χ3v) is 4.54. The van der Waals surface area contributed by atoms with Crippen molar-refractivity contribution in [2.45, 2.75) is 52.9 Å². The SMILES string of the molecule is CC(C)[C@@H]1CC[C@@H](C)C[C@H]1OC[n+]1cccc(C(N)=O)c1.[Cl-]. The molecule has 2 rings (SSSR count). The molecule has 1 fully saturated rings. The summed E-state index contributed by atoms with van der Waals surface area (Å²) in [5.74, 6) is 1.59. The first-order valence-corrected chi connectivity index (χ1v) is 7.88. The molecule has 124 valence electrons. The largest absolute Gasteiger partial charge is 1.00 e. The van der Waals surface area contributed by atoms with Gasteiger partial charge in [0.15, 0.2) is 12.4 Å². The van der Waals surface area contributed by atoms with Gasteiger partial charge in [-0.25, -0.2) is 0 Å². The zero-order chi connectivity index (χ0) is 15.4. The summed E-state index contributed by atoms with van der Waals surface area (Å²) in [4.78, 5) is 11.2. The molecular weight excluding hydrogens is 300 g/mol. The van der Waals surface area contributed by atoms with Gasteiger partial charge < -0.3 is 22.9 Å². The van der Waals surface area contributed by atoms with Crippen LogP contribution in [0.15, 0.2) is 24.5 Å². The van der Waals surface area contributed by atoms with Gasteiger partial charge in [0.25, 0.3) is 12.6 Å². The Labute approximate surface area is 139 Å². The van der Waals surface area contributed by atoms with Gasteiger partial charge in [-0.1, -0.05) is 27.2 Å². The number of ether oxygens (including phenoxy) is 1. The van der Waals surface area contributed by atoms with Crippen LogP contribution in [-0.2, 0) is 11.5 Å². The fourth-order valence-corrected chi connectivity index (χ4v) is 3.24. The first-order valence-electron chi connectivity index (χ1n) is 7.88. The quantitative estimate of drug-likeness (QED) is 0.743. The summed E-state index contributed by atoms with van der Waals surface area (Å²) >= 11 is 0. The van der Waals surface area contributed by atoms with Gasteiger partial charge >= 0.3 is 0 Å². The summed E-state index contributed by atoms with van der Waals surface area (Å²) in [6.45, 7) is 7.32. The van der Waals surface area contributed by atoms with Crippen LogP contribution in [0.4, 0.5) is 0 Å². The third-order valence-electron chi connectivity index (χ3n) is 4.54. The molecule has 2 N–H and O–H groups in total. The molecule has 0 unspecified atom stereocenters. The number of amides is 1. The van der Waals surface area contributed by atoms with E-state index in [0.29, 0.717) is 30.2 Å². The first-order chi connectivity index (χ1) is 9.97. The van der Waals surface area contributed by atoms with Crippen molar-refractivity contribution in [3.05, 3.63) is 30.1 Å². The smallest absolute Gasteiger partial charge is 0.254 e. The molecule has 1 aromatic rings. The van der Waals surface area contributed by atoms with E-state index in [-0.39, 0.29) is 12.4 Å². The van der Waals surface area contributed by atoms with Gasteiger partial charge in [0.2, 0.25) is 0 Å². The maximum atomic E-state index is 11.2.